The topological polar surface area (TPSA) is 88.1 Å². The number of halogens is 1. The molecule has 1 saturated heterocycles. The molecule has 7 nitrogen and oxygen atoms in total. The van der Waals surface area contributed by atoms with E-state index in [4.69, 9.17) is 14.6 Å². The van der Waals surface area contributed by atoms with E-state index in [1.165, 1.54) is 11.8 Å². The Labute approximate surface area is 182 Å². The zero-order valence-corrected chi connectivity index (χ0v) is 18.7. The van der Waals surface area contributed by atoms with Gasteiger partial charge in [-0.3, -0.25) is 9.59 Å². The number of ether oxygens (including phenoxy) is 2. The SMILES string of the molecule is CN(CCOC(=O)CCOCCO)c1ccc(/C=C2\SC(S)NC2=O)c(Br)c1. The summed E-state index contributed by atoms with van der Waals surface area (Å²) < 4.78 is 10.9. The van der Waals surface area contributed by atoms with Crippen LogP contribution in [0.15, 0.2) is 27.6 Å². The number of aliphatic hydroxyl groups is 1. The zero-order chi connectivity index (χ0) is 20.5. The predicted octanol–water partition coefficient (Wildman–Crippen LogP) is 2.24. The van der Waals surface area contributed by atoms with Crippen LogP contribution in [0.4, 0.5) is 5.69 Å². The Hall–Kier alpha value is -1.20. The van der Waals surface area contributed by atoms with Gasteiger partial charge in [0, 0.05) is 17.2 Å². The van der Waals surface area contributed by atoms with Crippen molar-refractivity contribution in [3.05, 3.63) is 33.1 Å². The number of thiol groups is 1. The number of rotatable bonds is 10. The summed E-state index contributed by atoms with van der Waals surface area (Å²) in [6.45, 7) is 1.20. The van der Waals surface area contributed by atoms with Crippen LogP contribution < -0.4 is 10.2 Å². The summed E-state index contributed by atoms with van der Waals surface area (Å²) >= 11 is 9.16. The molecule has 1 heterocycles. The van der Waals surface area contributed by atoms with Crippen molar-refractivity contribution >= 4 is 64.0 Å². The Kier molecular flexibility index (Phi) is 9.66. The van der Waals surface area contributed by atoms with Crippen LogP contribution in [0.25, 0.3) is 6.08 Å². The molecule has 1 fully saturated rings. The second kappa shape index (κ2) is 11.7. The standard InChI is InChI=1S/C18H23BrN2O5S2/c1-21(5-8-26-16(23)4-7-25-9-6-22)13-3-2-12(14(19)11-13)10-15-17(24)20-18(27)28-15/h2-3,10-11,18,22,27H,4-9H2,1H3,(H,20,24)/b15-10-. The smallest absolute Gasteiger partial charge is 0.308 e. The van der Waals surface area contributed by atoms with Crippen molar-refractivity contribution in [1.82, 2.24) is 5.32 Å². The van der Waals surface area contributed by atoms with Gasteiger partial charge < -0.3 is 24.8 Å². The molecule has 28 heavy (non-hydrogen) atoms. The molecule has 2 N–H and O–H groups in total. The van der Waals surface area contributed by atoms with E-state index in [9.17, 15) is 9.59 Å². The number of amides is 1. The van der Waals surface area contributed by atoms with Crippen molar-refractivity contribution in [3.8, 4) is 0 Å². The van der Waals surface area contributed by atoms with Crippen molar-refractivity contribution in [2.24, 2.45) is 0 Å². The molecule has 154 valence electrons. The number of aliphatic hydroxyl groups excluding tert-OH is 1. The number of esters is 1. The Balaban J connectivity index is 1.83. The number of hydrogen-bond acceptors (Lipinski definition) is 8. The number of nitrogens with one attached hydrogen (secondary N) is 1. The predicted molar refractivity (Wildman–Crippen MR) is 117 cm³/mol. The highest BCUT2D eigenvalue weighted by Gasteiger charge is 2.24. The summed E-state index contributed by atoms with van der Waals surface area (Å²) in [5, 5.41) is 11.3. The summed E-state index contributed by atoms with van der Waals surface area (Å²) in [7, 11) is 1.91. The minimum Gasteiger partial charge on any atom is -0.464 e. The van der Waals surface area contributed by atoms with Crippen LogP contribution in [0.3, 0.4) is 0 Å². The Bertz CT molecular complexity index is 732. The second-order valence-electron chi connectivity index (χ2n) is 5.89. The fraction of sp³-hybridized carbons (Fsp3) is 0.444. The number of carbonyl (C=O) groups is 2. The maximum absolute atomic E-state index is 11.8. The maximum atomic E-state index is 11.8. The molecular weight excluding hydrogens is 468 g/mol. The van der Waals surface area contributed by atoms with Gasteiger partial charge in [-0.05, 0) is 23.8 Å². The number of nitrogens with zero attached hydrogens (tertiary/aromatic N) is 1. The van der Waals surface area contributed by atoms with Crippen LogP contribution in [0.5, 0.6) is 0 Å². The average molecular weight is 491 g/mol. The molecule has 0 bridgehead atoms. The van der Waals surface area contributed by atoms with Crippen LogP contribution in [-0.4, -0.2) is 61.7 Å². The summed E-state index contributed by atoms with van der Waals surface area (Å²) in [6, 6.07) is 5.82. The highest BCUT2D eigenvalue weighted by Crippen LogP contribution is 2.33. The summed E-state index contributed by atoms with van der Waals surface area (Å²) in [5.74, 6) is -0.453. The third-order valence-corrected chi connectivity index (χ3v) is 5.83. The number of carbonyl (C=O) groups excluding carboxylic acids is 2. The minimum absolute atomic E-state index is 0.0625. The van der Waals surface area contributed by atoms with E-state index in [1.807, 2.05) is 36.2 Å². The lowest BCUT2D eigenvalue weighted by Gasteiger charge is -2.20. The van der Waals surface area contributed by atoms with Gasteiger partial charge in [0.05, 0.1) is 37.7 Å². The van der Waals surface area contributed by atoms with Crippen LogP contribution in [-0.2, 0) is 19.1 Å². The normalized spacial score (nSPS) is 17.6. The van der Waals surface area contributed by atoms with Crippen LogP contribution in [0, 0.1) is 0 Å². The number of likely N-dealkylation sites (N-methyl/N-ethyl adjacent to an activating group) is 1. The largest absolute Gasteiger partial charge is 0.464 e. The van der Waals surface area contributed by atoms with Crippen LogP contribution >= 0.6 is 40.3 Å². The molecule has 0 spiro atoms. The lowest BCUT2D eigenvalue weighted by Crippen LogP contribution is -2.24. The molecule has 0 aromatic heterocycles. The molecule has 1 aromatic rings. The molecule has 0 aliphatic carbocycles. The van der Waals surface area contributed by atoms with Gasteiger partial charge in [0.1, 0.15) is 11.3 Å². The van der Waals surface area contributed by atoms with Crippen LogP contribution in [0.1, 0.15) is 12.0 Å². The van der Waals surface area contributed by atoms with E-state index in [0.717, 1.165) is 15.7 Å². The molecular formula is C18H23BrN2O5S2. The van der Waals surface area contributed by atoms with Gasteiger partial charge in [0.2, 0.25) is 0 Å². The first-order valence-electron chi connectivity index (χ1n) is 8.63. The summed E-state index contributed by atoms with van der Waals surface area (Å²) in [6.07, 6.45) is 1.99. The van der Waals surface area contributed by atoms with E-state index in [1.54, 1.807) is 0 Å². The fourth-order valence-corrected chi connectivity index (χ4v) is 4.02. The molecule has 1 atom stereocenters. The number of benzene rings is 1. The van der Waals surface area contributed by atoms with Crippen molar-refractivity contribution in [2.45, 2.75) is 11.1 Å². The molecule has 1 aliphatic heterocycles. The molecule has 1 amide bonds. The molecule has 1 unspecified atom stereocenters. The lowest BCUT2D eigenvalue weighted by molar-refractivity contribution is -0.144. The molecule has 1 aromatic carbocycles. The second-order valence-corrected chi connectivity index (χ2v) is 8.75. The Morgan fingerprint density at radius 3 is 2.86 bits per heavy atom. The van der Waals surface area contributed by atoms with E-state index < -0.39 is 0 Å². The first kappa shape index (κ1) is 23.1. The first-order chi connectivity index (χ1) is 13.4. The average Bonchev–Trinajstić information content (AvgIpc) is 2.97. The van der Waals surface area contributed by atoms with Gasteiger partial charge in [-0.2, -0.15) is 0 Å². The van der Waals surface area contributed by atoms with Crippen molar-refractivity contribution < 1.29 is 24.2 Å². The molecule has 0 saturated carbocycles. The Morgan fingerprint density at radius 2 is 2.21 bits per heavy atom. The molecule has 0 radical (unpaired) electrons. The van der Waals surface area contributed by atoms with E-state index in [0.29, 0.717) is 11.4 Å². The zero-order valence-electron chi connectivity index (χ0n) is 15.4. The fourth-order valence-electron chi connectivity index (χ4n) is 2.32. The monoisotopic (exact) mass is 490 g/mol. The van der Waals surface area contributed by atoms with Gasteiger partial charge in [0.25, 0.3) is 5.91 Å². The van der Waals surface area contributed by atoms with E-state index in [2.05, 4.69) is 33.9 Å². The number of hydrogen-bond donors (Lipinski definition) is 3. The van der Waals surface area contributed by atoms with Gasteiger partial charge in [0.15, 0.2) is 0 Å². The first-order valence-corrected chi connectivity index (χ1v) is 10.8. The summed E-state index contributed by atoms with van der Waals surface area (Å²) in [5.41, 5.74) is 1.85. The Morgan fingerprint density at radius 1 is 1.43 bits per heavy atom. The quantitative estimate of drug-likeness (QED) is 0.200. The van der Waals surface area contributed by atoms with Gasteiger partial charge in [-0.15, -0.1) is 12.6 Å². The van der Waals surface area contributed by atoms with Gasteiger partial charge in [-0.25, -0.2) is 0 Å². The van der Waals surface area contributed by atoms with Crippen molar-refractivity contribution in [3.63, 3.8) is 0 Å². The lowest BCUT2D eigenvalue weighted by atomic mass is 10.2. The summed E-state index contributed by atoms with van der Waals surface area (Å²) in [4.78, 5) is 26.0. The minimum atomic E-state index is -0.329. The van der Waals surface area contributed by atoms with E-state index >= 15 is 0 Å². The molecule has 10 heteroatoms. The van der Waals surface area contributed by atoms with Gasteiger partial charge >= 0.3 is 5.97 Å². The molecule has 1 aliphatic rings. The number of thioether (sulfide) groups is 1. The highest BCUT2D eigenvalue weighted by molar-refractivity contribution is 9.10. The highest BCUT2D eigenvalue weighted by atomic mass is 79.9. The third kappa shape index (κ3) is 7.32. The third-order valence-electron chi connectivity index (χ3n) is 3.80. The van der Waals surface area contributed by atoms with Crippen LogP contribution in [0.2, 0.25) is 0 Å². The van der Waals surface area contributed by atoms with Crippen molar-refractivity contribution in [1.29, 1.82) is 0 Å². The van der Waals surface area contributed by atoms with Gasteiger partial charge in [-0.1, -0.05) is 33.8 Å². The molecule has 2 rings (SSSR count). The number of anilines is 1. The maximum Gasteiger partial charge on any atom is 0.308 e. The van der Waals surface area contributed by atoms with Crippen molar-refractivity contribution in [2.75, 3.05) is 44.9 Å². The van der Waals surface area contributed by atoms with E-state index in [-0.39, 0.29) is 49.4 Å².